The molecule has 0 spiro atoms. The second kappa shape index (κ2) is 10.5. The van der Waals surface area contributed by atoms with Crippen LogP contribution >= 0.6 is 0 Å². The summed E-state index contributed by atoms with van der Waals surface area (Å²) in [4.78, 5) is 2.11. The van der Waals surface area contributed by atoms with E-state index in [-0.39, 0.29) is 16.6 Å². The Hall–Kier alpha value is -4.31. The summed E-state index contributed by atoms with van der Waals surface area (Å²) in [6, 6.07) is 21.3. The van der Waals surface area contributed by atoms with E-state index in [1.54, 1.807) is 12.1 Å². The van der Waals surface area contributed by atoms with E-state index in [4.69, 9.17) is 0 Å². The molecule has 42 heavy (non-hydrogen) atoms. The summed E-state index contributed by atoms with van der Waals surface area (Å²) in [5.74, 6) is -3.43. The van der Waals surface area contributed by atoms with Crippen molar-refractivity contribution in [3.05, 3.63) is 119 Å². The minimum atomic E-state index is -4.71. The molecule has 1 aliphatic heterocycles. The molecule has 6 rings (SSSR count). The Kier molecular flexibility index (Phi) is 6.97. The van der Waals surface area contributed by atoms with E-state index in [2.05, 4.69) is 10.00 Å². The molecule has 0 amide bonds. The quantitative estimate of drug-likeness (QED) is 0.217. The number of rotatable bonds is 5. The van der Waals surface area contributed by atoms with Gasteiger partial charge in [-0.05, 0) is 36.6 Å². The molecule has 216 valence electrons. The number of hydrogen-bond acceptors (Lipinski definition) is 3. The first-order valence-corrected chi connectivity index (χ1v) is 13.4. The highest BCUT2D eigenvalue weighted by atomic mass is 19.4. The fourth-order valence-electron chi connectivity index (χ4n) is 5.67. The highest BCUT2D eigenvalue weighted by Crippen LogP contribution is 2.39. The molecular formula is C32H25F6N3O. The van der Waals surface area contributed by atoms with Gasteiger partial charge in [-0.3, -0.25) is 4.68 Å². The molecule has 4 nitrogen and oxygen atoms in total. The third kappa shape index (κ3) is 5.11. The SMILES string of the molecule is OC1(c2ccccc2)CCN(c2ccc(-c3c4cccc(C(F)(F)F)c4nn3Cc3c(F)cc(F)cc3F)cc2)CC1. The number of nitrogens with zero attached hydrogens (tertiary/aromatic N) is 3. The van der Waals surface area contributed by atoms with Crippen LogP contribution in [0, 0.1) is 17.5 Å². The van der Waals surface area contributed by atoms with Crippen LogP contribution < -0.4 is 4.90 Å². The molecule has 1 saturated heterocycles. The fraction of sp³-hybridized carbons (Fsp3) is 0.219. The van der Waals surface area contributed by atoms with Crippen LogP contribution in [0.5, 0.6) is 0 Å². The van der Waals surface area contributed by atoms with Gasteiger partial charge in [0.1, 0.15) is 23.0 Å². The van der Waals surface area contributed by atoms with Gasteiger partial charge in [0.15, 0.2) is 0 Å². The molecule has 5 aromatic rings. The molecule has 1 N–H and O–H groups in total. The summed E-state index contributed by atoms with van der Waals surface area (Å²) in [7, 11) is 0. The van der Waals surface area contributed by atoms with Crippen LogP contribution in [0.2, 0.25) is 0 Å². The van der Waals surface area contributed by atoms with Gasteiger partial charge in [0, 0.05) is 47.4 Å². The summed E-state index contributed by atoms with van der Waals surface area (Å²) < 4.78 is 85.3. The summed E-state index contributed by atoms with van der Waals surface area (Å²) >= 11 is 0. The lowest BCUT2D eigenvalue weighted by Crippen LogP contribution is -2.42. The lowest BCUT2D eigenvalue weighted by Gasteiger charge is -2.39. The smallest absolute Gasteiger partial charge is 0.385 e. The molecule has 0 unspecified atom stereocenters. The summed E-state index contributed by atoms with van der Waals surface area (Å²) in [5, 5.41) is 15.5. The standard InChI is InChI=1S/C32H25F6N3O/c33-22-17-27(34)25(28(35)18-22)19-41-30(24-7-4-8-26(29(24)39-41)32(36,37)38)20-9-11-23(12-10-20)40-15-13-31(42,14-16-40)21-5-2-1-3-6-21/h1-12,17-18,42H,13-16,19H2. The third-order valence-electron chi connectivity index (χ3n) is 7.90. The number of benzene rings is 4. The number of fused-ring (bicyclic) bond motifs is 1. The second-order valence-corrected chi connectivity index (χ2v) is 10.5. The zero-order chi connectivity index (χ0) is 29.6. The van der Waals surface area contributed by atoms with Crippen molar-refractivity contribution in [1.29, 1.82) is 0 Å². The Morgan fingerprint density at radius 2 is 1.45 bits per heavy atom. The van der Waals surface area contributed by atoms with E-state index in [9.17, 15) is 31.4 Å². The minimum absolute atomic E-state index is 0.159. The van der Waals surface area contributed by atoms with Crippen molar-refractivity contribution in [3.63, 3.8) is 0 Å². The second-order valence-electron chi connectivity index (χ2n) is 10.5. The Bertz CT molecular complexity index is 1720. The van der Waals surface area contributed by atoms with Gasteiger partial charge in [-0.2, -0.15) is 18.3 Å². The Balaban J connectivity index is 1.35. The largest absolute Gasteiger partial charge is 0.418 e. The van der Waals surface area contributed by atoms with Crippen LogP contribution in [0.4, 0.5) is 32.0 Å². The number of anilines is 1. The molecule has 2 heterocycles. The summed E-state index contributed by atoms with van der Waals surface area (Å²) in [6.45, 7) is 0.624. The Labute approximate surface area is 237 Å². The molecule has 1 fully saturated rings. The fourth-order valence-corrected chi connectivity index (χ4v) is 5.67. The predicted molar refractivity (Wildman–Crippen MR) is 147 cm³/mol. The zero-order valence-electron chi connectivity index (χ0n) is 22.2. The lowest BCUT2D eigenvalue weighted by molar-refractivity contribution is -0.136. The van der Waals surface area contributed by atoms with Crippen molar-refractivity contribution in [2.45, 2.75) is 31.2 Å². The number of aliphatic hydroxyl groups is 1. The molecule has 1 aliphatic rings. The highest BCUT2D eigenvalue weighted by Gasteiger charge is 2.35. The van der Waals surface area contributed by atoms with Crippen molar-refractivity contribution in [2.75, 3.05) is 18.0 Å². The van der Waals surface area contributed by atoms with Crippen LogP contribution in [0.15, 0.2) is 84.9 Å². The normalized spacial score (nSPS) is 15.4. The van der Waals surface area contributed by atoms with E-state index in [1.807, 2.05) is 42.5 Å². The van der Waals surface area contributed by atoms with Crippen LogP contribution in [-0.4, -0.2) is 28.0 Å². The zero-order valence-corrected chi connectivity index (χ0v) is 22.2. The topological polar surface area (TPSA) is 41.3 Å². The van der Waals surface area contributed by atoms with E-state index < -0.39 is 46.9 Å². The van der Waals surface area contributed by atoms with Crippen molar-refractivity contribution < 1.29 is 31.4 Å². The van der Waals surface area contributed by atoms with Crippen LogP contribution in [0.1, 0.15) is 29.5 Å². The number of piperidine rings is 1. The molecule has 4 aromatic carbocycles. The van der Waals surface area contributed by atoms with E-state index in [0.717, 1.165) is 22.0 Å². The van der Waals surface area contributed by atoms with Crippen molar-refractivity contribution in [1.82, 2.24) is 9.78 Å². The number of aromatic nitrogens is 2. The first-order valence-electron chi connectivity index (χ1n) is 13.4. The van der Waals surface area contributed by atoms with E-state index in [0.29, 0.717) is 43.6 Å². The lowest BCUT2D eigenvalue weighted by atomic mass is 9.84. The van der Waals surface area contributed by atoms with Gasteiger partial charge in [-0.1, -0.05) is 54.6 Å². The molecule has 1 aromatic heterocycles. The Morgan fingerprint density at radius 3 is 2.07 bits per heavy atom. The van der Waals surface area contributed by atoms with Crippen LogP contribution in [0.25, 0.3) is 22.2 Å². The van der Waals surface area contributed by atoms with Gasteiger partial charge < -0.3 is 10.0 Å². The monoisotopic (exact) mass is 581 g/mol. The van der Waals surface area contributed by atoms with Crippen LogP contribution in [-0.2, 0) is 18.3 Å². The first-order chi connectivity index (χ1) is 20.0. The van der Waals surface area contributed by atoms with E-state index in [1.165, 1.54) is 12.1 Å². The molecule has 0 saturated carbocycles. The maximum atomic E-state index is 14.6. The number of hydrogen-bond donors (Lipinski definition) is 1. The minimum Gasteiger partial charge on any atom is -0.385 e. The van der Waals surface area contributed by atoms with Crippen molar-refractivity contribution in [2.24, 2.45) is 0 Å². The molecule has 10 heteroatoms. The van der Waals surface area contributed by atoms with Gasteiger partial charge >= 0.3 is 6.18 Å². The maximum Gasteiger partial charge on any atom is 0.418 e. The van der Waals surface area contributed by atoms with Gasteiger partial charge in [0.05, 0.1) is 23.4 Å². The van der Waals surface area contributed by atoms with Gasteiger partial charge in [-0.25, -0.2) is 13.2 Å². The Morgan fingerprint density at radius 1 is 0.810 bits per heavy atom. The number of alkyl halides is 3. The average molecular weight is 582 g/mol. The molecule has 0 aliphatic carbocycles. The molecule has 0 radical (unpaired) electrons. The van der Waals surface area contributed by atoms with Gasteiger partial charge in [0.25, 0.3) is 0 Å². The van der Waals surface area contributed by atoms with Crippen molar-refractivity contribution >= 4 is 16.6 Å². The maximum absolute atomic E-state index is 14.6. The molecule has 0 bridgehead atoms. The van der Waals surface area contributed by atoms with Gasteiger partial charge in [-0.15, -0.1) is 0 Å². The van der Waals surface area contributed by atoms with Gasteiger partial charge in [0.2, 0.25) is 0 Å². The molecule has 0 atom stereocenters. The number of halogens is 6. The first kappa shape index (κ1) is 27.8. The summed E-state index contributed by atoms with van der Waals surface area (Å²) in [6.07, 6.45) is -3.67. The third-order valence-corrected chi connectivity index (χ3v) is 7.90. The average Bonchev–Trinajstić information content (AvgIpc) is 3.33. The predicted octanol–water partition coefficient (Wildman–Crippen LogP) is 7.68. The summed E-state index contributed by atoms with van der Waals surface area (Å²) in [5.41, 5.74) is -0.328. The van der Waals surface area contributed by atoms with Crippen molar-refractivity contribution in [3.8, 4) is 11.3 Å². The van der Waals surface area contributed by atoms with E-state index >= 15 is 0 Å². The molecular weight excluding hydrogens is 556 g/mol. The van der Waals surface area contributed by atoms with Crippen LogP contribution in [0.3, 0.4) is 0 Å². The highest BCUT2D eigenvalue weighted by molar-refractivity contribution is 5.95.